The van der Waals surface area contributed by atoms with Crippen LogP contribution in [0.4, 0.5) is 0 Å². The molecule has 1 aliphatic rings. The number of nitrogens with zero attached hydrogens (tertiary/aromatic N) is 1. The molecule has 2 rings (SSSR count). The van der Waals surface area contributed by atoms with E-state index in [1.807, 2.05) is 0 Å². The maximum Gasteiger partial charge on any atom is 0.330 e. The topological polar surface area (TPSA) is 105 Å². The number of ether oxygens (including phenoxy) is 1. The summed E-state index contributed by atoms with van der Waals surface area (Å²) in [6.07, 6.45) is -0.665. The van der Waals surface area contributed by atoms with Crippen LogP contribution in [0, 0.1) is 3.57 Å². The number of rotatable bonds is 2. The summed E-state index contributed by atoms with van der Waals surface area (Å²) in [4.78, 5) is 24.9. The number of aromatic amines is 1. The Morgan fingerprint density at radius 1 is 1.59 bits per heavy atom. The van der Waals surface area contributed by atoms with Crippen LogP contribution in [-0.2, 0) is 4.74 Å². The Hall–Kier alpha value is -0.710. The van der Waals surface area contributed by atoms with Crippen LogP contribution in [0.25, 0.3) is 0 Å². The van der Waals surface area contributed by atoms with Gasteiger partial charge >= 0.3 is 5.69 Å². The Morgan fingerprint density at radius 3 is 2.88 bits per heavy atom. The highest BCUT2D eigenvalue weighted by atomic mass is 127. The lowest BCUT2D eigenvalue weighted by molar-refractivity contribution is -0.0531. The second-order valence-electron chi connectivity index (χ2n) is 3.78. The van der Waals surface area contributed by atoms with Crippen molar-refractivity contribution in [3.63, 3.8) is 0 Å². The number of aromatic nitrogens is 2. The molecule has 0 aliphatic carbocycles. The predicted octanol–water partition coefficient (Wildman–Crippen LogP) is -1.22. The minimum atomic E-state index is -0.883. The molecule has 0 saturated carbocycles. The fourth-order valence-electron chi connectivity index (χ4n) is 1.75. The standard InChI is InChI=1S/C9H11IN2O5/c10-5-2-12(9(16)11-7(5)15)8-6(14)1-4(3-13)17-8/h2,4,6,8,13-14H,1,3H2,(H,11,15,16)/t4-,6+,8+/m0/s1. The highest BCUT2D eigenvalue weighted by Gasteiger charge is 2.35. The molecule has 1 saturated heterocycles. The van der Waals surface area contributed by atoms with Gasteiger partial charge in [0.1, 0.15) is 6.10 Å². The summed E-state index contributed by atoms with van der Waals surface area (Å²) in [5.41, 5.74) is -1.11. The van der Waals surface area contributed by atoms with Gasteiger partial charge in [-0.05, 0) is 22.6 Å². The SMILES string of the molecule is O=c1[nH]c(=O)n([C@@H]2O[C@H](CO)C[C@H]2O)cc1I. The van der Waals surface area contributed by atoms with Crippen LogP contribution in [0.15, 0.2) is 15.8 Å². The second kappa shape index (κ2) is 4.88. The van der Waals surface area contributed by atoms with Crippen molar-refractivity contribution in [1.82, 2.24) is 9.55 Å². The van der Waals surface area contributed by atoms with Crippen molar-refractivity contribution >= 4 is 22.6 Å². The Labute approximate surface area is 109 Å². The molecule has 0 aromatic carbocycles. The van der Waals surface area contributed by atoms with Crippen LogP contribution in [-0.4, -0.2) is 38.6 Å². The molecular weight excluding hydrogens is 343 g/mol. The van der Waals surface area contributed by atoms with Crippen molar-refractivity contribution in [2.75, 3.05) is 6.61 Å². The molecule has 7 nitrogen and oxygen atoms in total. The molecule has 0 bridgehead atoms. The Balaban J connectivity index is 2.38. The van der Waals surface area contributed by atoms with Crippen molar-refractivity contribution in [2.24, 2.45) is 0 Å². The van der Waals surface area contributed by atoms with E-state index in [1.54, 1.807) is 22.6 Å². The van der Waals surface area contributed by atoms with Gasteiger partial charge in [0.15, 0.2) is 6.23 Å². The fourth-order valence-corrected chi connectivity index (χ4v) is 2.18. The average Bonchev–Trinajstić information content (AvgIpc) is 2.65. The van der Waals surface area contributed by atoms with Gasteiger partial charge in [-0.2, -0.15) is 0 Å². The van der Waals surface area contributed by atoms with E-state index < -0.39 is 29.7 Å². The van der Waals surface area contributed by atoms with Crippen LogP contribution in [0.2, 0.25) is 0 Å². The lowest BCUT2D eigenvalue weighted by Gasteiger charge is -2.17. The number of H-pyrrole nitrogens is 1. The first-order chi connectivity index (χ1) is 8.02. The summed E-state index contributed by atoms with van der Waals surface area (Å²) < 4.78 is 6.78. The summed E-state index contributed by atoms with van der Waals surface area (Å²) in [6, 6.07) is 0. The van der Waals surface area contributed by atoms with Gasteiger partial charge in [0.05, 0.1) is 16.3 Å². The average molecular weight is 354 g/mol. The number of aliphatic hydroxyl groups is 2. The van der Waals surface area contributed by atoms with Gasteiger partial charge in [0.25, 0.3) is 5.56 Å². The van der Waals surface area contributed by atoms with Crippen molar-refractivity contribution < 1.29 is 14.9 Å². The van der Waals surface area contributed by atoms with Crippen molar-refractivity contribution in [3.8, 4) is 0 Å². The smallest absolute Gasteiger partial charge is 0.330 e. The molecule has 3 N–H and O–H groups in total. The van der Waals surface area contributed by atoms with Gasteiger partial charge in [-0.1, -0.05) is 0 Å². The molecule has 2 heterocycles. The van der Waals surface area contributed by atoms with Crippen molar-refractivity contribution in [2.45, 2.75) is 24.9 Å². The van der Waals surface area contributed by atoms with Gasteiger partial charge in [-0.15, -0.1) is 0 Å². The van der Waals surface area contributed by atoms with E-state index in [1.165, 1.54) is 6.20 Å². The molecule has 0 radical (unpaired) electrons. The number of nitrogens with one attached hydrogen (secondary N) is 1. The molecule has 1 aliphatic heterocycles. The minimum absolute atomic E-state index is 0.219. The lowest BCUT2D eigenvalue weighted by Crippen LogP contribution is -2.36. The molecule has 94 valence electrons. The third-order valence-corrected chi connectivity index (χ3v) is 3.34. The molecule has 0 unspecified atom stereocenters. The second-order valence-corrected chi connectivity index (χ2v) is 4.94. The zero-order valence-electron chi connectivity index (χ0n) is 8.67. The monoisotopic (exact) mass is 354 g/mol. The van der Waals surface area contributed by atoms with Crippen LogP contribution >= 0.6 is 22.6 Å². The van der Waals surface area contributed by atoms with Crippen LogP contribution in [0.5, 0.6) is 0 Å². The Morgan fingerprint density at radius 2 is 2.29 bits per heavy atom. The lowest BCUT2D eigenvalue weighted by atomic mass is 10.2. The summed E-state index contributed by atoms with van der Waals surface area (Å²) >= 11 is 1.78. The van der Waals surface area contributed by atoms with Gasteiger partial charge in [-0.25, -0.2) is 4.79 Å². The maximum atomic E-state index is 11.6. The van der Waals surface area contributed by atoms with E-state index in [0.717, 1.165) is 4.57 Å². The molecule has 3 atom stereocenters. The number of halogens is 1. The summed E-state index contributed by atoms with van der Waals surface area (Å²) in [7, 11) is 0. The summed E-state index contributed by atoms with van der Waals surface area (Å²) in [5, 5.41) is 18.7. The molecule has 0 amide bonds. The number of hydrogen-bond acceptors (Lipinski definition) is 5. The fraction of sp³-hybridized carbons (Fsp3) is 0.556. The molecule has 17 heavy (non-hydrogen) atoms. The van der Waals surface area contributed by atoms with Crippen LogP contribution < -0.4 is 11.2 Å². The van der Waals surface area contributed by atoms with E-state index in [2.05, 4.69) is 4.98 Å². The van der Waals surface area contributed by atoms with Crippen molar-refractivity contribution in [1.29, 1.82) is 0 Å². The first-order valence-electron chi connectivity index (χ1n) is 4.98. The molecule has 1 fully saturated rings. The third-order valence-electron chi connectivity index (χ3n) is 2.57. The number of hydrogen-bond donors (Lipinski definition) is 3. The van der Waals surface area contributed by atoms with Gasteiger partial charge in [-0.3, -0.25) is 14.3 Å². The third kappa shape index (κ3) is 2.44. The molecule has 1 aromatic rings. The largest absolute Gasteiger partial charge is 0.394 e. The summed E-state index contributed by atoms with van der Waals surface area (Å²) in [5.74, 6) is 0. The van der Waals surface area contributed by atoms with Gasteiger partial charge in [0, 0.05) is 12.6 Å². The first kappa shape index (κ1) is 12.7. The highest BCUT2D eigenvalue weighted by molar-refractivity contribution is 14.1. The predicted molar refractivity (Wildman–Crippen MR) is 65.7 cm³/mol. The van der Waals surface area contributed by atoms with E-state index in [4.69, 9.17) is 9.84 Å². The number of aliphatic hydroxyl groups excluding tert-OH is 2. The molecule has 1 aromatic heterocycles. The zero-order valence-corrected chi connectivity index (χ0v) is 10.8. The Kier molecular flexibility index (Phi) is 3.66. The quantitative estimate of drug-likeness (QED) is 0.578. The zero-order chi connectivity index (χ0) is 12.6. The van der Waals surface area contributed by atoms with E-state index in [-0.39, 0.29) is 13.0 Å². The van der Waals surface area contributed by atoms with E-state index in [0.29, 0.717) is 3.57 Å². The summed E-state index contributed by atoms with van der Waals surface area (Å²) in [6.45, 7) is -0.219. The maximum absolute atomic E-state index is 11.6. The van der Waals surface area contributed by atoms with E-state index >= 15 is 0 Å². The Bertz CT molecular complexity index is 525. The normalized spacial score (nSPS) is 28.5. The van der Waals surface area contributed by atoms with E-state index in [9.17, 15) is 14.7 Å². The molecule has 8 heteroatoms. The highest BCUT2D eigenvalue weighted by Crippen LogP contribution is 2.27. The van der Waals surface area contributed by atoms with Crippen LogP contribution in [0.1, 0.15) is 12.6 Å². The molecular formula is C9H11IN2O5. The van der Waals surface area contributed by atoms with Crippen molar-refractivity contribution in [3.05, 3.63) is 30.6 Å². The van der Waals surface area contributed by atoms with Gasteiger partial charge in [0.2, 0.25) is 0 Å². The first-order valence-corrected chi connectivity index (χ1v) is 6.06. The van der Waals surface area contributed by atoms with Crippen LogP contribution in [0.3, 0.4) is 0 Å². The minimum Gasteiger partial charge on any atom is -0.394 e. The van der Waals surface area contributed by atoms with Gasteiger partial charge < -0.3 is 14.9 Å². The molecule has 0 spiro atoms.